The number of sulfonamides is 1. The van der Waals surface area contributed by atoms with E-state index in [9.17, 15) is 32.7 Å². The highest BCUT2D eigenvalue weighted by Crippen LogP contribution is 2.39. The van der Waals surface area contributed by atoms with Crippen molar-refractivity contribution >= 4 is 56.2 Å². The fraction of sp³-hybridized carbons (Fsp3) is 0.396. The molecule has 0 bridgehead atoms. The number of piperidine rings is 1. The van der Waals surface area contributed by atoms with Crippen LogP contribution >= 0.6 is 0 Å². The first kappa shape index (κ1) is 48.9. The summed E-state index contributed by atoms with van der Waals surface area (Å²) < 4.78 is 26.0. The van der Waals surface area contributed by atoms with Crippen molar-refractivity contribution in [3.63, 3.8) is 0 Å². The number of aliphatic hydroxyl groups is 1. The number of para-hydroxylation sites is 1. The molecule has 2 fully saturated rings. The molecule has 7 rings (SSSR count). The fourth-order valence-electron chi connectivity index (χ4n) is 8.44. The molecule has 3 aromatic carbocycles. The third kappa shape index (κ3) is 14.0. The van der Waals surface area contributed by atoms with E-state index in [4.69, 9.17) is 11.5 Å². The highest BCUT2D eigenvalue weighted by Gasteiger charge is 2.42. The van der Waals surface area contributed by atoms with Gasteiger partial charge in [-0.25, -0.2) is 28.1 Å². The Balaban J connectivity index is 0.000000353. The van der Waals surface area contributed by atoms with Gasteiger partial charge < -0.3 is 32.5 Å². The quantitative estimate of drug-likeness (QED) is 0.0737. The molecule has 6 atom stereocenters. The lowest BCUT2D eigenvalue weighted by Gasteiger charge is -2.47. The number of likely N-dealkylation sites (tertiary alicyclic amines) is 1. The zero-order valence-electron chi connectivity index (χ0n) is 37.5. The van der Waals surface area contributed by atoms with E-state index < -0.39 is 63.9 Å². The first-order valence-electron chi connectivity index (χ1n) is 22.1. The molecule has 4 amide bonds. The summed E-state index contributed by atoms with van der Waals surface area (Å²) in [6.07, 6.45) is 6.94. The van der Waals surface area contributed by atoms with E-state index in [2.05, 4.69) is 40.5 Å². The SMILES string of the molecule is CC(C)(C)NC(=O)[C@@H]1C[C@@H]2CCCC[C@@H]2CN1C[C@@H](O)[C@H](Cc1ccccc1)NC(=O)[C@H](CC(N)=O)NC(=O)c1ccc2ccccc2n1.Nc1ccc(S(=O)(=O)Nc2ncccn2)cc1. The molecule has 17 nitrogen and oxygen atoms in total. The first-order valence-corrected chi connectivity index (χ1v) is 23.6. The highest BCUT2D eigenvalue weighted by molar-refractivity contribution is 7.92. The molecule has 5 aromatic rings. The van der Waals surface area contributed by atoms with Gasteiger partial charge in [0.2, 0.25) is 23.7 Å². The molecule has 350 valence electrons. The number of aliphatic hydroxyl groups excluding tert-OH is 1. The molecule has 2 aromatic heterocycles. The Kier molecular flexibility index (Phi) is 16.4. The number of amides is 4. The van der Waals surface area contributed by atoms with E-state index in [0.717, 1.165) is 36.6 Å². The molecule has 1 saturated heterocycles. The summed E-state index contributed by atoms with van der Waals surface area (Å²) in [5.74, 6) is -1.16. The van der Waals surface area contributed by atoms with Crippen LogP contribution in [0.15, 0.2) is 114 Å². The lowest BCUT2D eigenvalue weighted by atomic mass is 9.72. The van der Waals surface area contributed by atoms with Gasteiger partial charge in [-0.2, -0.15) is 0 Å². The second-order valence-electron chi connectivity index (χ2n) is 18.0. The molecule has 9 N–H and O–H groups in total. The zero-order valence-corrected chi connectivity index (χ0v) is 38.3. The first-order chi connectivity index (χ1) is 31.4. The van der Waals surface area contributed by atoms with Crippen LogP contribution in [0.1, 0.15) is 75.3 Å². The van der Waals surface area contributed by atoms with Gasteiger partial charge in [0, 0.05) is 42.1 Å². The minimum absolute atomic E-state index is 0.0318. The second-order valence-corrected chi connectivity index (χ2v) is 19.6. The van der Waals surface area contributed by atoms with E-state index in [1.165, 1.54) is 43.1 Å². The number of nitrogen functional groups attached to an aromatic ring is 1. The number of hydrogen-bond donors (Lipinski definition) is 7. The number of fused-ring (bicyclic) bond motifs is 2. The Morgan fingerprint density at radius 2 is 1.52 bits per heavy atom. The number of nitrogens with one attached hydrogen (secondary N) is 4. The minimum Gasteiger partial charge on any atom is -0.399 e. The number of β-amino-alcohol motifs (C(OH)–C–C–N with tert-alkyl or cyclic N) is 1. The van der Waals surface area contributed by atoms with Gasteiger partial charge in [0.05, 0.1) is 35.0 Å². The monoisotopic (exact) mass is 920 g/mol. The zero-order chi connectivity index (χ0) is 47.4. The average molecular weight is 921 g/mol. The lowest BCUT2D eigenvalue weighted by Crippen LogP contribution is -2.61. The largest absolute Gasteiger partial charge is 0.399 e. The van der Waals surface area contributed by atoms with Crippen molar-refractivity contribution in [1.82, 2.24) is 35.8 Å². The van der Waals surface area contributed by atoms with Crippen LogP contribution in [0, 0.1) is 11.8 Å². The van der Waals surface area contributed by atoms with Crippen LogP contribution in [0.25, 0.3) is 10.9 Å². The van der Waals surface area contributed by atoms with Crippen molar-refractivity contribution in [1.29, 1.82) is 0 Å². The number of carbonyl (C=O) groups is 4. The molecule has 1 aliphatic heterocycles. The Morgan fingerprint density at radius 3 is 2.20 bits per heavy atom. The number of aromatic nitrogens is 3. The van der Waals surface area contributed by atoms with Crippen LogP contribution in [-0.4, -0.2) is 99.9 Å². The normalized spacial score (nSPS) is 18.8. The van der Waals surface area contributed by atoms with Crippen molar-refractivity contribution in [2.24, 2.45) is 17.6 Å². The van der Waals surface area contributed by atoms with Crippen molar-refractivity contribution in [2.45, 2.75) is 100 Å². The Labute approximate surface area is 385 Å². The second kappa shape index (κ2) is 22.1. The molecular weight excluding hydrogens is 861 g/mol. The maximum absolute atomic E-state index is 13.8. The van der Waals surface area contributed by atoms with E-state index in [1.54, 1.807) is 24.3 Å². The lowest BCUT2D eigenvalue weighted by molar-refractivity contribution is -0.133. The summed E-state index contributed by atoms with van der Waals surface area (Å²) in [5.41, 5.74) is 12.7. The van der Waals surface area contributed by atoms with Gasteiger partial charge >= 0.3 is 0 Å². The van der Waals surface area contributed by atoms with E-state index >= 15 is 0 Å². The van der Waals surface area contributed by atoms with Gasteiger partial charge in [0.15, 0.2) is 0 Å². The van der Waals surface area contributed by atoms with Crippen molar-refractivity contribution < 1.29 is 32.7 Å². The summed E-state index contributed by atoms with van der Waals surface area (Å²) in [6, 6.07) is 25.1. The van der Waals surface area contributed by atoms with Crippen LogP contribution in [0.4, 0.5) is 11.6 Å². The molecule has 0 radical (unpaired) electrons. The predicted molar refractivity (Wildman–Crippen MR) is 252 cm³/mol. The van der Waals surface area contributed by atoms with Gasteiger partial charge in [-0.1, -0.05) is 73.9 Å². The molecule has 0 spiro atoms. The number of primary amides is 1. The summed E-state index contributed by atoms with van der Waals surface area (Å²) in [6.45, 7) is 6.73. The molecule has 0 unspecified atom stereocenters. The number of benzene rings is 3. The minimum atomic E-state index is -3.66. The van der Waals surface area contributed by atoms with Crippen LogP contribution in [0.5, 0.6) is 0 Å². The Morgan fingerprint density at radius 1 is 0.848 bits per heavy atom. The van der Waals surface area contributed by atoms with E-state index in [0.29, 0.717) is 29.6 Å². The fourth-order valence-corrected chi connectivity index (χ4v) is 9.40. The van der Waals surface area contributed by atoms with Gasteiger partial charge in [-0.3, -0.25) is 24.1 Å². The number of anilines is 2. The van der Waals surface area contributed by atoms with Crippen LogP contribution in [0.2, 0.25) is 0 Å². The summed E-state index contributed by atoms with van der Waals surface area (Å²) in [7, 11) is -3.66. The van der Waals surface area contributed by atoms with Crippen molar-refractivity contribution in [3.8, 4) is 0 Å². The van der Waals surface area contributed by atoms with Crippen LogP contribution in [0.3, 0.4) is 0 Å². The van der Waals surface area contributed by atoms with E-state index in [-0.39, 0.29) is 35.4 Å². The van der Waals surface area contributed by atoms with Crippen molar-refractivity contribution in [3.05, 3.63) is 121 Å². The topological polar surface area (TPSA) is 265 Å². The number of hydrogen-bond acceptors (Lipinski definition) is 12. The van der Waals surface area contributed by atoms with Gasteiger partial charge in [-0.05, 0) is 99.9 Å². The third-order valence-electron chi connectivity index (χ3n) is 11.7. The number of nitrogens with two attached hydrogens (primary N) is 2. The average Bonchev–Trinajstić information content (AvgIpc) is 3.28. The predicted octanol–water partition coefficient (Wildman–Crippen LogP) is 3.95. The maximum atomic E-state index is 13.8. The highest BCUT2D eigenvalue weighted by atomic mass is 32.2. The smallest absolute Gasteiger partial charge is 0.270 e. The van der Waals surface area contributed by atoms with E-state index in [1.807, 2.05) is 69.3 Å². The Hall–Kier alpha value is -6.50. The molecule has 1 aliphatic carbocycles. The molecule has 1 saturated carbocycles. The molecule has 2 aliphatic rings. The van der Waals surface area contributed by atoms with Crippen LogP contribution < -0.4 is 32.1 Å². The summed E-state index contributed by atoms with van der Waals surface area (Å²) in [4.78, 5) is 67.0. The number of nitrogens with zero attached hydrogens (tertiary/aromatic N) is 4. The molecular formula is C48H60N10O7S. The summed E-state index contributed by atoms with van der Waals surface area (Å²) in [5, 5.41) is 21.4. The van der Waals surface area contributed by atoms with Gasteiger partial charge in [0.25, 0.3) is 15.9 Å². The van der Waals surface area contributed by atoms with Crippen molar-refractivity contribution in [2.75, 3.05) is 23.5 Å². The van der Waals surface area contributed by atoms with Crippen LogP contribution in [-0.2, 0) is 30.8 Å². The molecule has 66 heavy (non-hydrogen) atoms. The molecule has 18 heteroatoms. The molecule has 3 heterocycles. The maximum Gasteiger partial charge on any atom is 0.270 e. The van der Waals surface area contributed by atoms with Gasteiger partial charge in [0.1, 0.15) is 11.7 Å². The number of carbonyl (C=O) groups excluding carboxylic acids is 4. The number of rotatable bonds is 15. The summed E-state index contributed by atoms with van der Waals surface area (Å²) >= 11 is 0. The number of pyridine rings is 1. The third-order valence-corrected chi connectivity index (χ3v) is 13.0. The van der Waals surface area contributed by atoms with Gasteiger partial charge in [-0.15, -0.1) is 0 Å². The standard InChI is InChI=1S/C38H50N6O5.C10H10N4O2S/c1-38(2,3)43-37(49)32-20-26-14-7-8-15-27(26)22-44(32)23-33(45)30(19-24-11-5-4-6-12-24)41-36(48)31(21-34(39)46)42-35(47)29-18-17-25-13-9-10-16-28(25)40-29;11-8-2-4-9(5-3-8)17(15,16)14-10-12-6-1-7-13-10/h4-6,9-13,16-18,26-27,30-33,45H,7-8,14-15,19-23H2,1-3H3,(H2,39,46)(H,41,48)(H,42,47)(H,43,49);1-7H,11H2,(H,12,13,14)/t26-,27+,30-,31-,32-,33+;/m0./s1. The Bertz CT molecular complexity index is 2540.